The molecule has 1 rings (SSSR count). The van der Waals surface area contributed by atoms with Crippen LogP contribution in [0.15, 0.2) is 0 Å². The van der Waals surface area contributed by atoms with Crippen molar-refractivity contribution in [3.63, 3.8) is 0 Å². The molecule has 0 aliphatic carbocycles. The van der Waals surface area contributed by atoms with Crippen LogP contribution in [0.3, 0.4) is 0 Å². The summed E-state index contributed by atoms with van der Waals surface area (Å²) in [6.45, 7) is 4.97. The first-order valence-electron chi connectivity index (χ1n) is 7.49. The molecule has 0 radical (unpaired) electrons. The fraction of sp³-hybridized carbons (Fsp3) is 0.786. The number of urea groups is 1. The van der Waals surface area contributed by atoms with Crippen LogP contribution in [0.2, 0.25) is 0 Å². The van der Waals surface area contributed by atoms with Gasteiger partial charge < -0.3 is 20.6 Å². The molecule has 1 saturated heterocycles. The zero-order chi connectivity index (χ0) is 15.8. The molecule has 1 heterocycles. The Bertz CT molecular complexity index is 386. The molecule has 2 atom stereocenters. The number of hydrogen-bond acceptors (Lipinski definition) is 3. The van der Waals surface area contributed by atoms with E-state index in [4.69, 9.17) is 5.11 Å². The fourth-order valence-electron chi connectivity index (χ4n) is 2.21. The highest BCUT2D eigenvalue weighted by atomic mass is 16.4. The van der Waals surface area contributed by atoms with Crippen LogP contribution >= 0.6 is 0 Å². The van der Waals surface area contributed by atoms with Crippen LogP contribution in [-0.4, -0.2) is 53.6 Å². The van der Waals surface area contributed by atoms with Gasteiger partial charge in [0.15, 0.2) is 0 Å². The van der Waals surface area contributed by atoms with Crippen molar-refractivity contribution in [2.75, 3.05) is 19.6 Å². The first kappa shape index (κ1) is 17.3. The largest absolute Gasteiger partial charge is 0.481 e. The van der Waals surface area contributed by atoms with Gasteiger partial charge in [0, 0.05) is 32.1 Å². The van der Waals surface area contributed by atoms with Gasteiger partial charge in [-0.15, -0.1) is 0 Å². The minimum Gasteiger partial charge on any atom is -0.481 e. The number of rotatable bonds is 6. The van der Waals surface area contributed by atoms with Crippen LogP contribution in [0.4, 0.5) is 4.79 Å². The normalized spacial score (nSPS) is 19.7. The van der Waals surface area contributed by atoms with Gasteiger partial charge in [-0.05, 0) is 26.2 Å². The van der Waals surface area contributed by atoms with Crippen molar-refractivity contribution in [3.05, 3.63) is 0 Å². The lowest BCUT2D eigenvalue weighted by Gasteiger charge is -2.30. The van der Waals surface area contributed by atoms with Crippen LogP contribution in [0, 0.1) is 5.92 Å². The number of carbonyl (C=O) groups excluding carboxylic acids is 2. The van der Waals surface area contributed by atoms with E-state index in [-0.39, 0.29) is 37.5 Å². The van der Waals surface area contributed by atoms with Crippen molar-refractivity contribution in [3.8, 4) is 0 Å². The van der Waals surface area contributed by atoms with Gasteiger partial charge in [-0.3, -0.25) is 9.59 Å². The lowest BCUT2D eigenvalue weighted by Crippen LogP contribution is -2.47. The predicted molar refractivity (Wildman–Crippen MR) is 77.8 cm³/mol. The first-order valence-corrected chi connectivity index (χ1v) is 7.49. The lowest BCUT2D eigenvalue weighted by molar-refractivity contribution is -0.143. The van der Waals surface area contributed by atoms with E-state index in [1.165, 1.54) is 4.90 Å². The molecule has 0 aromatic carbocycles. The number of carbonyl (C=O) groups is 3. The first-order chi connectivity index (χ1) is 9.93. The summed E-state index contributed by atoms with van der Waals surface area (Å²) in [6, 6.07) is -0.163. The molecule has 0 spiro atoms. The maximum Gasteiger partial charge on any atom is 0.317 e. The molecule has 0 aromatic heterocycles. The number of piperidine rings is 1. The highest BCUT2D eigenvalue weighted by Crippen LogP contribution is 2.16. The van der Waals surface area contributed by atoms with E-state index < -0.39 is 11.9 Å². The third kappa shape index (κ3) is 6.01. The maximum absolute atomic E-state index is 11.9. The minimum atomic E-state index is -0.861. The van der Waals surface area contributed by atoms with Crippen molar-refractivity contribution < 1.29 is 19.5 Å². The zero-order valence-electron chi connectivity index (χ0n) is 12.7. The summed E-state index contributed by atoms with van der Waals surface area (Å²) in [6.07, 6.45) is 2.39. The summed E-state index contributed by atoms with van der Waals surface area (Å²) in [4.78, 5) is 35.9. The Kier molecular flexibility index (Phi) is 6.98. The number of carboxylic acid groups (broad SMARTS) is 1. The summed E-state index contributed by atoms with van der Waals surface area (Å²) in [5, 5.41) is 14.5. The van der Waals surface area contributed by atoms with E-state index in [1.807, 2.05) is 13.8 Å². The third-order valence-corrected chi connectivity index (χ3v) is 3.71. The molecular formula is C14H25N3O4. The van der Waals surface area contributed by atoms with E-state index in [9.17, 15) is 14.4 Å². The molecule has 0 bridgehead atoms. The monoisotopic (exact) mass is 299 g/mol. The maximum atomic E-state index is 11.9. The van der Waals surface area contributed by atoms with E-state index >= 15 is 0 Å². The molecule has 3 amide bonds. The van der Waals surface area contributed by atoms with Gasteiger partial charge in [0.2, 0.25) is 5.91 Å². The Morgan fingerprint density at radius 2 is 2.10 bits per heavy atom. The highest BCUT2D eigenvalue weighted by Gasteiger charge is 2.27. The van der Waals surface area contributed by atoms with E-state index in [0.29, 0.717) is 19.4 Å². The fourth-order valence-corrected chi connectivity index (χ4v) is 2.21. The lowest BCUT2D eigenvalue weighted by atomic mass is 9.99. The topological polar surface area (TPSA) is 98.7 Å². The number of hydrogen-bond donors (Lipinski definition) is 3. The second-order valence-electron chi connectivity index (χ2n) is 5.48. The molecule has 1 fully saturated rings. The molecule has 120 valence electrons. The third-order valence-electron chi connectivity index (χ3n) is 3.71. The van der Waals surface area contributed by atoms with Gasteiger partial charge in [-0.1, -0.05) is 6.92 Å². The highest BCUT2D eigenvalue weighted by molar-refractivity contribution is 5.79. The number of nitrogens with zero attached hydrogens (tertiary/aromatic N) is 1. The van der Waals surface area contributed by atoms with Crippen LogP contribution in [0.5, 0.6) is 0 Å². The van der Waals surface area contributed by atoms with Crippen molar-refractivity contribution in [2.45, 2.75) is 45.6 Å². The van der Waals surface area contributed by atoms with Gasteiger partial charge in [0.1, 0.15) is 0 Å². The summed E-state index contributed by atoms with van der Waals surface area (Å²) in [5.41, 5.74) is 0. The standard InChI is InChI=1S/C14H25N3O4/c1-3-10(2)16-12(18)6-7-15-14(21)17-8-4-5-11(9-17)13(19)20/h10-11H,3-9H2,1-2H3,(H,15,21)(H,16,18)(H,19,20)/t10?,11-/m1/s1. The van der Waals surface area contributed by atoms with Crippen molar-refractivity contribution in [2.24, 2.45) is 5.92 Å². The predicted octanol–water partition coefficient (Wildman–Crippen LogP) is 0.797. The summed E-state index contributed by atoms with van der Waals surface area (Å²) in [7, 11) is 0. The molecule has 7 nitrogen and oxygen atoms in total. The second kappa shape index (κ2) is 8.49. The smallest absolute Gasteiger partial charge is 0.317 e. The Hall–Kier alpha value is -1.79. The van der Waals surface area contributed by atoms with Crippen LogP contribution in [0.25, 0.3) is 0 Å². The van der Waals surface area contributed by atoms with Crippen LogP contribution in [-0.2, 0) is 9.59 Å². The SMILES string of the molecule is CCC(C)NC(=O)CCNC(=O)N1CCC[C@@H](C(=O)O)C1. The molecule has 21 heavy (non-hydrogen) atoms. The van der Waals surface area contributed by atoms with Crippen molar-refractivity contribution in [1.29, 1.82) is 0 Å². The Morgan fingerprint density at radius 1 is 1.38 bits per heavy atom. The van der Waals surface area contributed by atoms with Gasteiger partial charge in [-0.25, -0.2) is 4.79 Å². The van der Waals surface area contributed by atoms with Gasteiger partial charge in [0.25, 0.3) is 0 Å². The number of amides is 3. The summed E-state index contributed by atoms with van der Waals surface area (Å²) < 4.78 is 0. The van der Waals surface area contributed by atoms with Crippen molar-refractivity contribution >= 4 is 17.9 Å². The molecule has 7 heteroatoms. The van der Waals surface area contributed by atoms with E-state index in [2.05, 4.69) is 10.6 Å². The average Bonchev–Trinajstić information content (AvgIpc) is 2.46. The molecule has 1 unspecified atom stereocenters. The number of aliphatic carboxylic acids is 1. The number of carboxylic acids is 1. The van der Waals surface area contributed by atoms with Crippen LogP contribution < -0.4 is 10.6 Å². The Labute approximate surface area is 125 Å². The Morgan fingerprint density at radius 3 is 2.71 bits per heavy atom. The molecule has 0 saturated carbocycles. The summed E-state index contributed by atoms with van der Waals surface area (Å²) in [5.74, 6) is -1.44. The quantitative estimate of drug-likeness (QED) is 0.675. The van der Waals surface area contributed by atoms with Crippen LogP contribution in [0.1, 0.15) is 39.5 Å². The van der Waals surface area contributed by atoms with Crippen molar-refractivity contribution in [1.82, 2.24) is 15.5 Å². The molecule has 3 N–H and O–H groups in total. The van der Waals surface area contributed by atoms with E-state index in [0.717, 1.165) is 6.42 Å². The molecule has 1 aliphatic heterocycles. The van der Waals surface area contributed by atoms with Gasteiger partial charge in [-0.2, -0.15) is 0 Å². The molecule has 0 aromatic rings. The zero-order valence-corrected chi connectivity index (χ0v) is 12.7. The van der Waals surface area contributed by atoms with Gasteiger partial charge in [0.05, 0.1) is 5.92 Å². The molecule has 1 aliphatic rings. The number of likely N-dealkylation sites (tertiary alicyclic amines) is 1. The van der Waals surface area contributed by atoms with Gasteiger partial charge >= 0.3 is 12.0 Å². The average molecular weight is 299 g/mol. The summed E-state index contributed by atoms with van der Waals surface area (Å²) >= 11 is 0. The van der Waals surface area contributed by atoms with E-state index in [1.54, 1.807) is 0 Å². The Balaban J connectivity index is 2.27. The minimum absolute atomic E-state index is 0.0910. The second-order valence-corrected chi connectivity index (χ2v) is 5.48. The number of nitrogens with one attached hydrogen (secondary N) is 2. The molecular weight excluding hydrogens is 274 g/mol.